The Labute approximate surface area is 149 Å². The molecule has 3 rings (SSSR count). The summed E-state index contributed by atoms with van der Waals surface area (Å²) in [4.78, 5) is 12.1. The molecule has 0 saturated heterocycles. The quantitative estimate of drug-likeness (QED) is 0.683. The standard InChI is InChI=1S/C20H18BrNO2/c1-14(16-10-9-15-5-2-3-6-17(15)11-16)22-20(23)13-24-19-8-4-7-18(21)12-19/h2-12,14H,13H2,1H3,(H,22,23)/t14-/m0/s1. The molecule has 0 heterocycles. The fraction of sp³-hybridized carbons (Fsp3) is 0.150. The van der Waals surface area contributed by atoms with E-state index in [1.807, 2.05) is 49.4 Å². The molecule has 0 unspecified atom stereocenters. The SMILES string of the molecule is C[C@H](NC(=O)COc1cccc(Br)c1)c1ccc2ccccc2c1. The van der Waals surface area contributed by atoms with Gasteiger partial charge in [-0.05, 0) is 47.5 Å². The Hall–Kier alpha value is -2.33. The predicted octanol–water partition coefficient (Wildman–Crippen LogP) is 4.86. The molecule has 0 spiro atoms. The number of carbonyl (C=O) groups excluding carboxylic acids is 1. The zero-order valence-corrected chi connectivity index (χ0v) is 14.9. The molecule has 0 radical (unpaired) electrons. The summed E-state index contributed by atoms with van der Waals surface area (Å²) < 4.78 is 6.43. The van der Waals surface area contributed by atoms with Crippen molar-refractivity contribution in [3.63, 3.8) is 0 Å². The van der Waals surface area contributed by atoms with Gasteiger partial charge < -0.3 is 10.1 Å². The number of carbonyl (C=O) groups is 1. The number of benzene rings is 3. The maximum atomic E-state index is 12.1. The molecule has 0 saturated carbocycles. The van der Waals surface area contributed by atoms with Crippen molar-refractivity contribution in [1.82, 2.24) is 5.32 Å². The Morgan fingerprint density at radius 2 is 1.83 bits per heavy atom. The second-order valence-electron chi connectivity index (χ2n) is 5.64. The first-order chi connectivity index (χ1) is 11.6. The van der Waals surface area contributed by atoms with Crippen molar-refractivity contribution in [2.45, 2.75) is 13.0 Å². The van der Waals surface area contributed by atoms with Crippen LogP contribution in [0.25, 0.3) is 10.8 Å². The summed E-state index contributed by atoms with van der Waals surface area (Å²) >= 11 is 3.38. The summed E-state index contributed by atoms with van der Waals surface area (Å²) in [7, 11) is 0. The van der Waals surface area contributed by atoms with Crippen LogP contribution in [-0.2, 0) is 4.79 Å². The van der Waals surface area contributed by atoms with E-state index in [0.717, 1.165) is 10.0 Å². The first-order valence-corrected chi connectivity index (χ1v) is 8.57. The number of fused-ring (bicyclic) bond motifs is 1. The highest BCUT2D eigenvalue weighted by molar-refractivity contribution is 9.10. The summed E-state index contributed by atoms with van der Waals surface area (Å²) in [6.45, 7) is 1.97. The van der Waals surface area contributed by atoms with Gasteiger partial charge in [0.2, 0.25) is 0 Å². The molecule has 0 aliphatic carbocycles. The van der Waals surface area contributed by atoms with Crippen LogP contribution in [0.3, 0.4) is 0 Å². The van der Waals surface area contributed by atoms with Gasteiger partial charge in [-0.15, -0.1) is 0 Å². The lowest BCUT2D eigenvalue weighted by atomic mass is 10.0. The number of nitrogens with one attached hydrogen (secondary N) is 1. The molecule has 0 aromatic heterocycles. The Morgan fingerprint density at radius 1 is 1.04 bits per heavy atom. The van der Waals surface area contributed by atoms with E-state index in [0.29, 0.717) is 5.75 Å². The predicted molar refractivity (Wildman–Crippen MR) is 100 cm³/mol. The van der Waals surface area contributed by atoms with Crippen LogP contribution < -0.4 is 10.1 Å². The van der Waals surface area contributed by atoms with Crippen LogP contribution in [-0.4, -0.2) is 12.5 Å². The molecule has 24 heavy (non-hydrogen) atoms. The molecular formula is C20H18BrNO2. The first kappa shape index (κ1) is 16.5. The highest BCUT2D eigenvalue weighted by Crippen LogP contribution is 2.20. The maximum Gasteiger partial charge on any atom is 0.258 e. The van der Waals surface area contributed by atoms with Gasteiger partial charge in [-0.2, -0.15) is 0 Å². The topological polar surface area (TPSA) is 38.3 Å². The monoisotopic (exact) mass is 383 g/mol. The summed E-state index contributed by atoms with van der Waals surface area (Å²) in [5.74, 6) is 0.522. The van der Waals surface area contributed by atoms with E-state index in [2.05, 4.69) is 45.5 Å². The normalized spacial score (nSPS) is 11.9. The van der Waals surface area contributed by atoms with Crippen molar-refractivity contribution in [1.29, 1.82) is 0 Å². The molecule has 0 bridgehead atoms. The van der Waals surface area contributed by atoms with E-state index in [1.54, 1.807) is 0 Å². The van der Waals surface area contributed by atoms with Gasteiger partial charge in [0.1, 0.15) is 5.75 Å². The van der Waals surface area contributed by atoms with Crippen LogP contribution in [0.1, 0.15) is 18.5 Å². The molecule has 0 fully saturated rings. The third-order valence-corrected chi connectivity index (χ3v) is 4.31. The van der Waals surface area contributed by atoms with E-state index in [4.69, 9.17) is 4.74 Å². The Balaban J connectivity index is 1.60. The summed E-state index contributed by atoms with van der Waals surface area (Å²) in [5.41, 5.74) is 1.07. The van der Waals surface area contributed by atoms with E-state index < -0.39 is 0 Å². The zero-order valence-electron chi connectivity index (χ0n) is 13.3. The number of rotatable bonds is 5. The van der Waals surface area contributed by atoms with E-state index in [9.17, 15) is 4.79 Å². The lowest BCUT2D eigenvalue weighted by Gasteiger charge is -2.15. The van der Waals surface area contributed by atoms with Crippen LogP contribution in [0.2, 0.25) is 0 Å². The Bertz CT molecular complexity index is 863. The van der Waals surface area contributed by atoms with E-state index in [-0.39, 0.29) is 18.6 Å². The first-order valence-electron chi connectivity index (χ1n) is 7.78. The summed E-state index contributed by atoms with van der Waals surface area (Å²) in [6, 6.07) is 21.8. The van der Waals surface area contributed by atoms with E-state index >= 15 is 0 Å². The summed E-state index contributed by atoms with van der Waals surface area (Å²) in [5, 5.41) is 5.33. The van der Waals surface area contributed by atoms with Crippen LogP contribution in [0.5, 0.6) is 5.75 Å². The second kappa shape index (κ2) is 7.49. The molecule has 122 valence electrons. The molecule has 3 nitrogen and oxygen atoms in total. The molecule has 1 N–H and O–H groups in total. The van der Waals surface area contributed by atoms with Gasteiger partial charge in [0, 0.05) is 4.47 Å². The molecule has 0 aliphatic rings. The number of hydrogen-bond acceptors (Lipinski definition) is 2. The third-order valence-electron chi connectivity index (χ3n) is 3.82. The lowest BCUT2D eigenvalue weighted by molar-refractivity contribution is -0.123. The Morgan fingerprint density at radius 3 is 2.62 bits per heavy atom. The van der Waals surface area contributed by atoms with Crippen molar-refractivity contribution < 1.29 is 9.53 Å². The number of amides is 1. The molecule has 0 aliphatic heterocycles. The fourth-order valence-electron chi connectivity index (χ4n) is 2.55. The van der Waals surface area contributed by atoms with Crippen molar-refractivity contribution in [2.24, 2.45) is 0 Å². The summed E-state index contributed by atoms with van der Waals surface area (Å²) in [6.07, 6.45) is 0. The second-order valence-corrected chi connectivity index (χ2v) is 6.56. The van der Waals surface area contributed by atoms with Crippen molar-refractivity contribution >= 4 is 32.6 Å². The van der Waals surface area contributed by atoms with Crippen molar-refractivity contribution in [3.05, 3.63) is 76.8 Å². The fourth-order valence-corrected chi connectivity index (χ4v) is 2.93. The van der Waals surface area contributed by atoms with Gasteiger partial charge in [-0.3, -0.25) is 4.79 Å². The maximum absolute atomic E-state index is 12.1. The molecule has 1 atom stereocenters. The molecular weight excluding hydrogens is 366 g/mol. The van der Waals surface area contributed by atoms with Crippen LogP contribution in [0.4, 0.5) is 0 Å². The van der Waals surface area contributed by atoms with Gasteiger partial charge in [-0.1, -0.05) is 58.4 Å². The van der Waals surface area contributed by atoms with Crippen LogP contribution >= 0.6 is 15.9 Å². The van der Waals surface area contributed by atoms with Gasteiger partial charge >= 0.3 is 0 Å². The smallest absolute Gasteiger partial charge is 0.258 e. The minimum Gasteiger partial charge on any atom is -0.484 e. The number of halogens is 1. The largest absolute Gasteiger partial charge is 0.484 e. The van der Waals surface area contributed by atoms with Crippen LogP contribution in [0.15, 0.2) is 71.2 Å². The third kappa shape index (κ3) is 4.15. The highest BCUT2D eigenvalue weighted by atomic mass is 79.9. The minimum atomic E-state index is -0.143. The Kier molecular flexibility index (Phi) is 5.16. The molecule has 3 aromatic carbocycles. The van der Waals surface area contributed by atoms with Gasteiger partial charge in [0.25, 0.3) is 5.91 Å². The highest BCUT2D eigenvalue weighted by Gasteiger charge is 2.10. The van der Waals surface area contributed by atoms with Gasteiger partial charge in [-0.25, -0.2) is 0 Å². The average Bonchev–Trinajstić information content (AvgIpc) is 2.59. The van der Waals surface area contributed by atoms with E-state index in [1.165, 1.54) is 10.8 Å². The van der Waals surface area contributed by atoms with Gasteiger partial charge in [0.15, 0.2) is 6.61 Å². The lowest BCUT2D eigenvalue weighted by Crippen LogP contribution is -2.31. The number of ether oxygens (including phenoxy) is 1. The van der Waals surface area contributed by atoms with Crippen molar-refractivity contribution in [3.8, 4) is 5.75 Å². The number of hydrogen-bond donors (Lipinski definition) is 1. The average molecular weight is 384 g/mol. The molecule has 4 heteroatoms. The van der Waals surface area contributed by atoms with Crippen molar-refractivity contribution in [2.75, 3.05) is 6.61 Å². The minimum absolute atomic E-state index is 0.00558. The van der Waals surface area contributed by atoms with Crippen LogP contribution in [0, 0.1) is 0 Å². The van der Waals surface area contributed by atoms with Gasteiger partial charge in [0.05, 0.1) is 6.04 Å². The zero-order chi connectivity index (χ0) is 16.9. The molecule has 1 amide bonds. The molecule has 3 aromatic rings.